The molecule has 1 atom stereocenters. The van der Waals surface area contributed by atoms with E-state index in [9.17, 15) is 9.59 Å². The summed E-state index contributed by atoms with van der Waals surface area (Å²) in [7, 11) is 0. The fraction of sp³-hybridized carbons (Fsp3) is 0.556. The number of carbonyl (C=O) groups is 2. The van der Waals surface area contributed by atoms with E-state index in [0.29, 0.717) is 6.42 Å². The second kappa shape index (κ2) is 6.22. The molecule has 0 heterocycles. The molecular formula is C9H14O4. The van der Waals surface area contributed by atoms with Crippen molar-refractivity contribution in [3.63, 3.8) is 0 Å². The van der Waals surface area contributed by atoms with Gasteiger partial charge in [0.05, 0.1) is 0 Å². The summed E-state index contributed by atoms with van der Waals surface area (Å²) in [6, 6.07) is 0. The third-order valence-corrected chi connectivity index (χ3v) is 1.42. The molecule has 0 saturated heterocycles. The quantitative estimate of drug-likeness (QED) is 0.502. The monoisotopic (exact) mass is 186 g/mol. The first-order chi connectivity index (χ1) is 6.06. The van der Waals surface area contributed by atoms with Gasteiger partial charge in [0.25, 0.3) is 0 Å². The Morgan fingerprint density at radius 2 is 2.15 bits per heavy atom. The minimum Gasteiger partial charge on any atom is -0.481 e. The molecule has 0 aromatic carbocycles. The van der Waals surface area contributed by atoms with E-state index in [1.54, 1.807) is 6.92 Å². The zero-order chi connectivity index (χ0) is 10.3. The predicted molar refractivity (Wildman–Crippen MR) is 47.2 cm³/mol. The summed E-state index contributed by atoms with van der Waals surface area (Å²) in [6.45, 7) is 5.15. The first kappa shape index (κ1) is 11.7. The third kappa shape index (κ3) is 7.05. The highest BCUT2D eigenvalue weighted by atomic mass is 16.5. The average Bonchev–Trinajstić information content (AvgIpc) is 2.03. The molecule has 0 aliphatic rings. The topological polar surface area (TPSA) is 63.6 Å². The summed E-state index contributed by atoms with van der Waals surface area (Å²) in [5.74, 6) is -1.28. The van der Waals surface area contributed by atoms with Gasteiger partial charge in [-0.1, -0.05) is 12.7 Å². The van der Waals surface area contributed by atoms with Crippen molar-refractivity contribution in [3.05, 3.63) is 12.7 Å². The average molecular weight is 186 g/mol. The number of rotatable bonds is 6. The second-order valence-corrected chi connectivity index (χ2v) is 2.68. The highest BCUT2D eigenvalue weighted by Crippen LogP contribution is 2.00. The highest BCUT2D eigenvalue weighted by molar-refractivity contribution is 5.71. The Balaban J connectivity index is 3.51. The molecule has 0 bridgehead atoms. The van der Waals surface area contributed by atoms with Crippen LogP contribution in [0.25, 0.3) is 0 Å². The number of hydrogen-bond donors (Lipinski definition) is 1. The van der Waals surface area contributed by atoms with Crippen LogP contribution in [0, 0.1) is 0 Å². The standard InChI is InChI=1S/C9H14O4/c1-3-7(2)13-9(12)6-4-5-8(10)11/h3,7H,1,4-6H2,2H3,(H,10,11). The Morgan fingerprint density at radius 1 is 1.54 bits per heavy atom. The van der Waals surface area contributed by atoms with Crippen LogP contribution in [0.15, 0.2) is 12.7 Å². The maximum atomic E-state index is 10.9. The third-order valence-electron chi connectivity index (χ3n) is 1.42. The first-order valence-corrected chi connectivity index (χ1v) is 4.10. The predicted octanol–water partition coefficient (Wildman–Crippen LogP) is 1.36. The molecule has 0 rings (SSSR count). The Labute approximate surface area is 77.2 Å². The van der Waals surface area contributed by atoms with Crippen molar-refractivity contribution in [1.29, 1.82) is 0 Å². The number of hydrogen-bond acceptors (Lipinski definition) is 3. The number of carboxylic acids is 1. The van der Waals surface area contributed by atoms with Crippen LogP contribution < -0.4 is 0 Å². The summed E-state index contributed by atoms with van der Waals surface area (Å²) in [5, 5.41) is 8.29. The largest absolute Gasteiger partial charge is 0.481 e. The van der Waals surface area contributed by atoms with Crippen molar-refractivity contribution >= 4 is 11.9 Å². The van der Waals surface area contributed by atoms with Gasteiger partial charge in [-0.25, -0.2) is 0 Å². The Bertz CT molecular complexity index is 198. The molecule has 0 amide bonds. The second-order valence-electron chi connectivity index (χ2n) is 2.68. The van der Waals surface area contributed by atoms with Crippen LogP contribution in [0.5, 0.6) is 0 Å². The van der Waals surface area contributed by atoms with Crippen LogP contribution in [-0.4, -0.2) is 23.1 Å². The summed E-state index contributed by atoms with van der Waals surface area (Å²) in [4.78, 5) is 21.0. The van der Waals surface area contributed by atoms with Gasteiger partial charge in [0.1, 0.15) is 6.10 Å². The van der Waals surface area contributed by atoms with Crippen molar-refractivity contribution in [2.24, 2.45) is 0 Å². The van der Waals surface area contributed by atoms with Gasteiger partial charge in [0.2, 0.25) is 0 Å². The van der Waals surface area contributed by atoms with Crippen LogP contribution in [0.4, 0.5) is 0 Å². The normalized spacial score (nSPS) is 11.8. The molecule has 0 spiro atoms. The molecule has 0 saturated carbocycles. The first-order valence-electron chi connectivity index (χ1n) is 4.10. The number of aliphatic carboxylic acids is 1. The molecule has 0 radical (unpaired) electrons. The Morgan fingerprint density at radius 3 is 2.62 bits per heavy atom. The van der Waals surface area contributed by atoms with Crippen molar-refractivity contribution in [2.45, 2.75) is 32.3 Å². The van der Waals surface area contributed by atoms with Crippen LogP contribution >= 0.6 is 0 Å². The van der Waals surface area contributed by atoms with E-state index in [1.807, 2.05) is 0 Å². The molecule has 1 N–H and O–H groups in total. The lowest BCUT2D eigenvalue weighted by Gasteiger charge is -2.07. The molecular weight excluding hydrogens is 172 g/mol. The molecule has 0 aliphatic carbocycles. The molecule has 0 aromatic rings. The number of ether oxygens (including phenoxy) is 1. The fourth-order valence-electron chi connectivity index (χ4n) is 0.698. The van der Waals surface area contributed by atoms with Gasteiger partial charge in [-0.3, -0.25) is 9.59 Å². The van der Waals surface area contributed by atoms with Crippen LogP contribution in [-0.2, 0) is 14.3 Å². The van der Waals surface area contributed by atoms with Crippen LogP contribution in [0.3, 0.4) is 0 Å². The fourth-order valence-corrected chi connectivity index (χ4v) is 0.698. The minimum absolute atomic E-state index is 0.00241. The van der Waals surface area contributed by atoms with E-state index in [-0.39, 0.29) is 24.9 Å². The van der Waals surface area contributed by atoms with Gasteiger partial charge in [-0.05, 0) is 13.3 Å². The van der Waals surface area contributed by atoms with Crippen LogP contribution in [0.2, 0.25) is 0 Å². The molecule has 13 heavy (non-hydrogen) atoms. The summed E-state index contributed by atoms with van der Waals surface area (Å²) < 4.78 is 4.83. The van der Waals surface area contributed by atoms with E-state index in [4.69, 9.17) is 9.84 Å². The highest BCUT2D eigenvalue weighted by Gasteiger charge is 2.07. The van der Waals surface area contributed by atoms with Gasteiger partial charge in [-0.15, -0.1) is 0 Å². The summed E-state index contributed by atoms with van der Waals surface area (Å²) >= 11 is 0. The van der Waals surface area contributed by atoms with Crippen molar-refractivity contribution in [3.8, 4) is 0 Å². The van der Waals surface area contributed by atoms with Gasteiger partial charge >= 0.3 is 11.9 Å². The van der Waals surface area contributed by atoms with Gasteiger partial charge < -0.3 is 9.84 Å². The van der Waals surface area contributed by atoms with Crippen molar-refractivity contribution in [2.75, 3.05) is 0 Å². The van der Waals surface area contributed by atoms with Crippen molar-refractivity contribution < 1.29 is 19.4 Å². The smallest absolute Gasteiger partial charge is 0.306 e. The number of carboxylic acid groups (broad SMARTS) is 1. The Hall–Kier alpha value is -1.32. The molecule has 0 aliphatic heterocycles. The summed E-state index contributed by atoms with van der Waals surface area (Å²) in [5.41, 5.74) is 0. The molecule has 0 fully saturated rings. The van der Waals surface area contributed by atoms with E-state index in [0.717, 1.165) is 0 Å². The van der Waals surface area contributed by atoms with E-state index < -0.39 is 5.97 Å². The molecule has 4 heteroatoms. The van der Waals surface area contributed by atoms with Gasteiger partial charge in [0, 0.05) is 12.8 Å². The number of carbonyl (C=O) groups excluding carboxylic acids is 1. The number of esters is 1. The lowest BCUT2D eigenvalue weighted by atomic mass is 10.2. The molecule has 74 valence electrons. The zero-order valence-corrected chi connectivity index (χ0v) is 7.66. The minimum atomic E-state index is -0.899. The molecule has 0 aromatic heterocycles. The lowest BCUT2D eigenvalue weighted by molar-refractivity contribution is -0.146. The molecule has 1 unspecified atom stereocenters. The van der Waals surface area contributed by atoms with E-state index in [1.165, 1.54) is 6.08 Å². The van der Waals surface area contributed by atoms with E-state index in [2.05, 4.69) is 6.58 Å². The van der Waals surface area contributed by atoms with E-state index >= 15 is 0 Å². The zero-order valence-electron chi connectivity index (χ0n) is 7.66. The summed E-state index contributed by atoms with van der Waals surface area (Å²) in [6.07, 6.45) is 1.66. The van der Waals surface area contributed by atoms with Crippen molar-refractivity contribution in [1.82, 2.24) is 0 Å². The van der Waals surface area contributed by atoms with Gasteiger partial charge in [-0.2, -0.15) is 0 Å². The van der Waals surface area contributed by atoms with Crippen LogP contribution in [0.1, 0.15) is 26.2 Å². The van der Waals surface area contributed by atoms with Gasteiger partial charge in [0.15, 0.2) is 0 Å². The maximum absolute atomic E-state index is 10.9. The molecule has 4 nitrogen and oxygen atoms in total. The maximum Gasteiger partial charge on any atom is 0.306 e. The lowest BCUT2D eigenvalue weighted by Crippen LogP contribution is -2.12. The SMILES string of the molecule is C=CC(C)OC(=O)CCCC(=O)O. The Kier molecular flexibility index (Phi) is 5.59.